The van der Waals surface area contributed by atoms with E-state index in [1.807, 2.05) is 0 Å². The van der Waals surface area contributed by atoms with Gasteiger partial charge in [-0.1, -0.05) is 23.2 Å². The highest BCUT2D eigenvalue weighted by atomic mass is 35.5. The first-order valence-corrected chi connectivity index (χ1v) is 6.58. The van der Waals surface area contributed by atoms with Gasteiger partial charge in [-0.2, -0.15) is 0 Å². The van der Waals surface area contributed by atoms with Crippen molar-refractivity contribution in [2.45, 2.75) is 18.6 Å². The fourth-order valence-corrected chi connectivity index (χ4v) is 2.61. The maximum absolute atomic E-state index is 12.4. The first-order chi connectivity index (χ1) is 9.42. The Labute approximate surface area is 125 Å². The van der Waals surface area contributed by atoms with E-state index in [-0.39, 0.29) is 28.8 Å². The number of esters is 1. The van der Waals surface area contributed by atoms with Gasteiger partial charge < -0.3 is 14.7 Å². The van der Waals surface area contributed by atoms with E-state index in [2.05, 4.69) is 9.72 Å². The lowest BCUT2D eigenvalue weighted by atomic mass is 10.2. The van der Waals surface area contributed by atoms with Crippen LogP contribution in [0.5, 0.6) is 0 Å². The summed E-state index contributed by atoms with van der Waals surface area (Å²) < 4.78 is 4.64. The zero-order valence-electron chi connectivity index (χ0n) is 10.5. The second-order valence-corrected chi connectivity index (χ2v) is 5.16. The third-order valence-electron chi connectivity index (χ3n) is 3.02. The number of carbonyl (C=O) groups is 2. The number of nitrogens with zero attached hydrogens (tertiary/aromatic N) is 2. The minimum Gasteiger partial charge on any atom is -0.467 e. The van der Waals surface area contributed by atoms with E-state index in [1.165, 1.54) is 24.1 Å². The smallest absolute Gasteiger partial charge is 0.328 e. The molecule has 1 aliphatic heterocycles. The molecule has 1 fully saturated rings. The molecule has 0 aromatic carbocycles. The van der Waals surface area contributed by atoms with E-state index in [4.69, 9.17) is 23.2 Å². The lowest BCUT2D eigenvalue weighted by molar-refractivity contribution is -0.145. The molecular weight excluding hydrogens is 307 g/mol. The number of likely N-dealkylation sites (tertiary alicyclic amines) is 1. The zero-order chi connectivity index (χ0) is 14.9. The van der Waals surface area contributed by atoms with Crippen molar-refractivity contribution in [1.82, 2.24) is 9.88 Å². The minimum absolute atomic E-state index is 0.0517. The Morgan fingerprint density at radius 1 is 1.40 bits per heavy atom. The van der Waals surface area contributed by atoms with Gasteiger partial charge in [0.15, 0.2) is 0 Å². The van der Waals surface area contributed by atoms with Gasteiger partial charge in [0.25, 0.3) is 5.91 Å². The normalized spacial score (nSPS) is 21.9. The van der Waals surface area contributed by atoms with Crippen molar-refractivity contribution in [3.05, 3.63) is 28.0 Å². The molecule has 20 heavy (non-hydrogen) atoms. The van der Waals surface area contributed by atoms with Gasteiger partial charge in [0.2, 0.25) is 0 Å². The SMILES string of the molecule is COC(=O)C1CC(O)CN1C(=O)c1cc(Cl)nc(Cl)c1. The summed E-state index contributed by atoms with van der Waals surface area (Å²) in [5.74, 6) is -1.02. The molecule has 8 heteroatoms. The van der Waals surface area contributed by atoms with Gasteiger partial charge in [-0.15, -0.1) is 0 Å². The number of aliphatic hydroxyl groups is 1. The number of hydrogen-bond donors (Lipinski definition) is 1. The Balaban J connectivity index is 2.28. The maximum atomic E-state index is 12.4. The van der Waals surface area contributed by atoms with Gasteiger partial charge in [-0.05, 0) is 12.1 Å². The van der Waals surface area contributed by atoms with Crippen molar-refractivity contribution >= 4 is 35.1 Å². The Bertz CT molecular complexity index is 532. The molecule has 2 unspecified atom stereocenters. The summed E-state index contributed by atoms with van der Waals surface area (Å²) in [5, 5.41) is 9.81. The van der Waals surface area contributed by atoms with Crippen LogP contribution in [0.15, 0.2) is 12.1 Å². The highest BCUT2D eigenvalue weighted by molar-refractivity contribution is 6.33. The topological polar surface area (TPSA) is 79.7 Å². The number of amides is 1. The monoisotopic (exact) mass is 318 g/mol. The Kier molecular flexibility index (Phi) is 4.47. The molecule has 0 spiro atoms. The van der Waals surface area contributed by atoms with Crippen LogP contribution < -0.4 is 0 Å². The summed E-state index contributed by atoms with van der Waals surface area (Å²) >= 11 is 11.5. The van der Waals surface area contributed by atoms with Crippen molar-refractivity contribution in [2.75, 3.05) is 13.7 Å². The largest absolute Gasteiger partial charge is 0.467 e. The summed E-state index contributed by atoms with van der Waals surface area (Å²) in [4.78, 5) is 29.0. The van der Waals surface area contributed by atoms with Gasteiger partial charge in [0.1, 0.15) is 16.3 Å². The third-order valence-corrected chi connectivity index (χ3v) is 3.41. The number of rotatable bonds is 2. The van der Waals surface area contributed by atoms with Gasteiger partial charge in [0.05, 0.1) is 13.2 Å². The number of pyridine rings is 1. The van der Waals surface area contributed by atoms with Crippen LogP contribution in [0, 0.1) is 0 Å². The van der Waals surface area contributed by atoms with Crippen LogP contribution in [0.3, 0.4) is 0 Å². The predicted molar refractivity (Wildman–Crippen MR) is 71.7 cm³/mol. The van der Waals surface area contributed by atoms with Crippen LogP contribution in [0.4, 0.5) is 0 Å². The van der Waals surface area contributed by atoms with E-state index in [1.54, 1.807) is 0 Å². The minimum atomic E-state index is -0.812. The van der Waals surface area contributed by atoms with Gasteiger partial charge in [-0.25, -0.2) is 9.78 Å². The summed E-state index contributed by atoms with van der Waals surface area (Å²) in [6.07, 6.45) is -0.624. The van der Waals surface area contributed by atoms with Crippen molar-refractivity contribution in [1.29, 1.82) is 0 Å². The molecule has 2 atom stereocenters. The number of ether oxygens (including phenoxy) is 1. The Morgan fingerprint density at radius 3 is 2.55 bits per heavy atom. The van der Waals surface area contributed by atoms with Crippen molar-refractivity contribution < 1.29 is 19.4 Å². The van der Waals surface area contributed by atoms with Crippen LogP contribution in [-0.4, -0.2) is 52.7 Å². The average molecular weight is 319 g/mol. The van der Waals surface area contributed by atoms with Crippen LogP contribution >= 0.6 is 23.2 Å². The second kappa shape index (κ2) is 5.95. The summed E-state index contributed by atoms with van der Waals surface area (Å²) in [6, 6.07) is 1.90. The van der Waals surface area contributed by atoms with E-state index < -0.39 is 24.0 Å². The number of methoxy groups -OCH3 is 1. The van der Waals surface area contributed by atoms with Crippen LogP contribution in [0.2, 0.25) is 10.3 Å². The highest BCUT2D eigenvalue weighted by Gasteiger charge is 2.40. The molecule has 1 aromatic heterocycles. The maximum Gasteiger partial charge on any atom is 0.328 e. The number of hydrogen-bond acceptors (Lipinski definition) is 5. The number of aromatic nitrogens is 1. The fraction of sp³-hybridized carbons (Fsp3) is 0.417. The van der Waals surface area contributed by atoms with Crippen molar-refractivity contribution in [3.63, 3.8) is 0 Å². The summed E-state index contributed by atoms with van der Waals surface area (Å²) in [5.41, 5.74) is 0.206. The molecular formula is C12H12Cl2N2O4. The lowest BCUT2D eigenvalue weighted by Gasteiger charge is -2.22. The highest BCUT2D eigenvalue weighted by Crippen LogP contribution is 2.23. The summed E-state index contributed by atoms with van der Waals surface area (Å²) in [7, 11) is 1.23. The van der Waals surface area contributed by atoms with E-state index in [9.17, 15) is 14.7 Å². The number of β-amino-alcohol motifs (C(OH)–C–C–N with tert-alkyl or cyclic N) is 1. The molecule has 1 amide bonds. The van der Waals surface area contributed by atoms with Gasteiger partial charge in [-0.3, -0.25) is 4.79 Å². The molecule has 1 aliphatic rings. The van der Waals surface area contributed by atoms with E-state index in [0.717, 1.165) is 0 Å². The first kappa shape index (κ1) is 15.0. The van der Waals surface area contributed by atoms with Crippen LogP contribution in [0.1, 0.15) is 16.8 Å². The van der Waals surface area contributed by atoms with Crippen molar-refractivity contribution in [3.8, 4) is 0 Å². The van der Waals surface area contributed by atoms with E-state index >= 15 is 0 Å². The standard InChI is InChI=1S/C12H12Cl2N2O4/c1-20-12(19)8-4-7(17)5-16(8)11(18)6-2-9(13)15-10(14)3-6/h2-3,7-8,17H,4-5H2,1H3. The molecule has 1 N–H and O–H groups in total. The quantitative estimate of drug-likeness (QED) is 0.653. The number of carbonyl (C=O) groups excluding carboxylic acids is 2. The average Bonchev–Trinajstić information content (AvgIpc) is 2.78. The Hall–Kier alpha value is -1.37. The molecule has 0 saturated carbocycles. The predicted octanol–water partition coefficient (Wildman–Crippen LogP) is 1.14. The third kappa shape index (κ3) is 3.03. The molecule has 0 aliphatic carbocycles. The molecule has 0 bridgehead atoms. The lowest BCUT2D eigenvalue weighted by Crippen LogP contribution is -2.41. The molecule has 6 nitrogen and oxygen atoms in total. The van der Waals surface area contributed by atoms with Gasteiger partial charge >= 0.3 is 5.97 Å². The van der Waals surface area contributed by atoms with Crippen molar-refractivity contribution in [2.24, 2.45) is 0 Å². The molecule has 2 rings (SSSR count). The molecule has 1 saturated heterocycles. The molecule has 1 aromatic rings. The molecule has 0 radical (unpaired) electrons. The Morgan fingerprint density at radius 2 is 2.00 bits per heavy atom. The number of halogens is 2. The van der Waals surface area contributed by atoms with Gasteiger partial charge in [0, 0.05) is 18.5 Å². The fourth-order valence-electron chi connectivity index (χ4n) is 2.15. The first-order valence-electron chi connectivity index (χ1n) is 5.82. The molecule has 108 valence electrons. The van der Waals surface area contributed by atoms with Crippen LogP contribution in [-0.2, 0) is 9.53 Å². The molecule has 2 heterocycles. The zero-order valence-corrected chi connectivity index (χ0v) is 12.1. The van der Waals surface area contributed by atoms with E-state index in [0.29, 0.717) is 0 Å². The number of aliphatic hydroxyl groups excluding tert-OH is 1. The second-order valence-electron chi connectivity index (χ2n) is 4.39. The van der Waals surface area contributed by atoms with Crippen LogP contribution in [0.25, 0.3) is 0 Å². The summed E-state index contributed by atoms with van der Waals surface area (Å²) in [6.45, 7) is 0.0517.